The molecular weight excluding hydrogens is 498 g/mol. The molecule has 0 unspecified atom stereocenters. The highest BCUT2D eigenvalue weighted by Gasteiger charge is 2.34. The minimum atomic E-state index is -0.842. The van der Waals surface area contributed by atoms with Gasteiger partial charge in [0.2, 0.25) is 11.8 Å². The molecule has 1 amide bonds. The smallest absolute Gasteiger partial charge is 0.254 e. The van der Waals surface area contributed by atoms with E-state index in [1.54, 1.807) is 11.3 Å². The number of hydrogen-bond acceptors (Lipinski definition) is 8. The zero-order valence-corrected chi connectivity index (χ0v) is 22.5. The SMILES string of the molecule is Cc1csc([C@H]2CCCN2C(=O)c2cc3c(c(-c4nnc([C@@](C)(N)Cc5ccccc5)o4)c2)CCCO3)n1. The molecule has 8 nitrogen and oxygen atoms in total. The van der Waals surface area contributed by atoms with E-state index in [0.29, 0.717) is 42.7 Å². The largest absolute Gasteiger partial charge is 0.493 e. The second-order valence-electron chi connectivity index (χ2n) is 10.4. The van der Waals surface area contributed by atoms with Gasteiger partial charge in [-0.3, -0.25) is 4.79 Å². The minimum absolute atomic E-state index is 0.00691. The van der Waals surface area contributed by atoms with Gasteiger partial charge in [0.05, 0.1) is 18.2 Å². The Hall–Kier alpha value is -3.56. The molecule has 1 fully saturated rings. The van der Waals surface area contributed by atoms with Crippen molar-refractivity contribution in [2.45, 2.75) is 57.5 Å². The summed E-state index contributed by atoms with van der Waals surface area (Å²) in [4.78, 5) is 20.4. The minimum Gasteiger partial charge on any atom is -0.493 e. The number of nitrogens with zero attached hydrogens (tertiary/aromatic N) is 4. The van der Waals surface area contributed by atoms with Crippen molar-refractivity contribution in [1.82, 2.24) is 20.1 Å². The van der Waals surface area contributed by atoms with Crippen LogP contribution < -0.4 is 10.5 Å². The van der Waals surface area contributed by atoms with Gasteiger partial charge in [0.25, 0.3) is 5.91 Å². The molecule has 196 valence electrons. The zero-order valence-electron chi connectivity index (χ0n) is 21.6. The number of ether oxygens (including phenoxy) is 1. The molecule has 4 aromatic rings. The van der Waals surface area contributed by atoms with Crippen molar-refractivity contribution in [2.75, 3.05) is 13.2 Å². The first kappa shape index (κ1) is 24.8. The molecule has 0 spiro atoms. The van der Waals surface area contributed by atoms with Crippen LogP contribution in [0.25, 0.3) is 11.5 Å². The van der Waals surface area contributed by atoms with E-state index in [1.165, 1.54) is 0 Å². The first-order valence-electron chi connectivity index (χ1n) is 13.1. The summed E-state index contributed by atoms with van der Waals surface area (Å²) in [5.74, 6) is 1.38. The van der Waals surface area contributed by atoms with Gasteiger partial charge in [-0.15, -0.1) is 21.5 Å². The fourth-order valence-corrected chi connectivity index (χ4v) is 6.34. The molecule has 0 bridgehead atoms. The Kier molecular flexibility index (Phi) is 6.49. The van der Waals surface area contributed by atoms with Crippen LogP contribution in [0.3, 0.4) is 0 Å². The second-order valence-corrected chi connectivity index (χ2v) is 11.3. The highest BCUT2D eigenvalue weighted by molar-refractivity contribution is 7.09. The summed E-state index contributed by atoms with van der Waals surface area (Å²) >= 11 is 1.62. The normalized spacial score (nSPS) is 18.6. The monoisotopic (exact) mass is 529 g/mol. The van der Waals surface area contributed by atoms with Gasteiger partial charge in [0.1, 0.15) is 10.8 Å². The first-order valence-corrected chi connectivity index (χ1v) is 14.0. The van der Waals surface area contributed by atoms with E-state index in [-0.39, 0.29) is 11.9 Å². The van der Waals surface area contributed by atoms with Gasteiger partial charge in [0.15, 0.2) is 0 Å². The topological polar surface area (TPSA) is 107 Å². The number of carbonyl (C=O) groups is 1. The molecule has 2 aliphatic heterocycles. The van der Waals surface area contributed by atoms with Crippen molar-refractivity contribution in [3.63, 3.8) is 0 Å². The number of hydrogen-bond donors (Lipinski definition) is 1. The summed E-state index contributed by atoms with van der Waals surface area (Å²) in [7, 11) is 0. The molecule has 0 aliphatic carbocycles. The van der Waals surface area contributed by atoms with E-state index < -0.39 is 5.54 Å². The molecule has 4 heterocycles. The molecule has 6 rings (SSSR count). The number of benzene rings is 2. The third-order valence-corrected chi connectivity index (χ3v) is 8.34. The Bertz CT molecular complexity index is 1460. The molecule has 2 atom stereocenters. The van der Waals surface area contributed by atoms with Crippen LogP contribution in [0.5, 0.6) is 5.75 Å². The molecule has 9 heteroatoms. The van der Waals surface area contributed by atoms with Crippen molar-refractivity contribution in [3.8, 4) is 17.2 Å². The van der Waals surface area contributed by atoms with Gasteiger partial charge < -0.3 is 19.8 Å². The van der Waals surface area contributed by atoms with Crippen molar-refractivity contribution in [1.29, 1.82) is 0 Å². The lowest BCUT2D eigenvalue weighted by Gasteiger charge is -2.25. The van der Waals surface area contributed by atoms with Crippen LogP contribution in [0.2, 0.25) is 0 Å². The third-order valence-electron chi connectivity index (χ3n) is 7.28. The molecule has 2 aromatic carbocycles. The predicted molar refractivity (Wildman–Crippen MR) is 145 cm³/mol. The summed E-state index contributed by atoms with van der Waals surface area (Å²) in [6, 6.07) is 13.7. The van der Waals surface area contributed by atoms with Crippen LogP contribution in [0.4, 0.5) is 0 Å². The van der Waals surface area contributed by atoms with Crippen molar-refractivity contribution in [3.05, 3.63) is 81.1 Å². The molecule has 38 heavy (non-hydrogen) atoms. The molecule has 2 N–H and O–H groups in total. The molecule has 1 saturated heterocycles. The Balaban J connectivity index is 1.34. The van der Waals surface area contributed by atoms with E-state index >= 15 is 0 Å². The second kappa shape index (κ2) is 9.96. The van der Waals surface area contributed by atoms with Gasteiger partial charge >= 0.3 is 0 Å². The van der Waals surface area contributed by atoms with E-state index in [9.17, 15) is 4.79 Å². The lowest BCUT2D eigenvalue weighted by Crippen LogP contribution is -2.35. The molecule has 0 saturated carbocycles. The number of aryl methyl sites for hydroxylation is 1. The maximum absolute atomic E-state index is 13.8. The van der Waals surface area contributed by atoms with Gasteiger partial charge in [-0.05, 0) is 63.6 Å². The lowest BCUT2D eigenvalue weighted by molar-refractivity contribution is 0.0735. The predicted octanol–water partition coefficient (Wildman–Crippen LogP) is 5.22. The van der Waals surface area contributed by atoms with Gasteiger partial charge in [0, 0.05) is 34.3 Å². The van der Waals surface area contributed by atoms with E-state index in [2.05, 4.69) is 15.2 Å². The quantitative estimate of drug-likeness (QED) is 0.365. The number of aromatic nitrogens is 3. The van der Waals surface area contributed by atoms with Crippen molar-refractivity contribution >= 4 is 17.2 Å². The summed E-state index contributed by atoms with van der Waals surface area (Å²) in [5.41, 5.74) is 10.2. The summed E-state index contributed by atoms with van der Waals surface area (Å²) in [5, 5.41) is 11.7. The Morgan fingerprint density at radius 3 is 2.84 bits per heavy atom. The van der Waals surface area contributed by atoms with Gasteiger partial charge in [-0.25, -0.2) is 4.98 Å². The van der Waals surface area contributed by atoms with E-state index in [0.717, 1.165) is 53.1 Å². The fourth-order valence-electron chi connectivity index (χ4n) is 5.39. The van der Waals surface area contributed by atoms with Crippen molar-refractivity contribution in [2.24, 2.45) is 5.73 Å². The number of amides is 1. The van der Waals surface area contributed by atoms with Crippen molar-refractivity contribution < 1.29 is 13.9 Å². The third kappa shape index (κ3) is 4.72. The van der Waals surface area contributed by atoms with Crippen LogP contribution in [0.15, 0.2) is 52.3 Å². The molecule has 0 radical (unpaired) electrons. The number of thiazole rings is 1. The first-order chi connectivity index (χ1) is 18.4. The average molecular weight is 530 g/mol. The van der Waals surface area contributed by atoms with Gasteiger partial charge in [-0.2, -0.15) is 0 Å². The number of likely N-dealkylation sites (tertiary alicyclic amines) is 1. The van der Waals surface area contributed by atoms with Gasteiger partial charge in [-0.1, -0.05) is 30.3 Å². The Morgan fingerprint density at radius 2 is 2.05 bits per heavy atom. The maximum Gasteiger partial charge on any atom is 0.254 e. The summed E-state index contributed by atoms with van der Waals surface area (Å²) in [6.45, 7) is 5.19. The Morgan fingerprint density at radius 1 is 1.21 bits per heavy atom. The molecule has 2 aromatic heterocycles. The number of nitrogens with two attached hydrogens (primary N) is 1. The highest BCUT2D eigenvalue weighted by atomic mass is 32.1. The number of rotatable bonds is 6. The summed E-state index contributed by atoms with van der Waals surface area (Å²) < 4.78 is 12.2. The maximum atomic E-state index is 13.8. The lowest BCUT2D eigenvalue weighted by atomic mass is 9.94. The van der Waals surface area contributed by atoms with Crippen LogP contribution in [0, 0.1) is 6.92 Å². The molecular formula is C29H31N5O3S. The average Bonchev–Trinajstić information content (AvgIpc) is 3.69. The highest BCUT2D eigenvalue weighted by Crippen LogP contribution is 2.39. The Labute approximate surface area is 225 Å². The van der Waals surface area contributed by atoms with Crippen LogP contribution in [-0.4, -0.2) is 39.1 Å². The van der Waals surface area contributed by atoms with E-state index in [4.69, 9.17) is 14.9 Å². The zero-order chi connectivity index (χ0) is 26.3. The summed E-state index contributed by atoms with van der Waals surface area (Å²) in [6.07, 6.45) is 4.12. The molecule has 2 aliphatic rings. The fraction of sp³-hybridized carbons (Fsp3) is 0.379. The van der Waals surface area contributed by atoms with Crippen LogP contribution in [0.1, 0.15) is 70.3 Å². The standard InChI is InChI=1S/C29H31N5O3S/c1-18-17-38-26(31-18)23-11-6-12-34(23)27(35)20-14-22(21-10-7-13-36-24(21)15-20)25-32-33-28(37-25)29(2,30)16-19-8-4-3-5-9-19/h3-5,8-9,14-15,17,23H,6-7,10-13,16,30H2,1-2H3/t23-,29+/m1/s1. The van der Waals surface area contributed by atoms with Crippen LogP contribution in [-0.2, 0) is 18.4 Å². The van der Waals surface area contributed by atoms with Crippen LogP contribution >= 0.6 is 11.3 Å². The number of carbonyl (C=O) groups excluding carboxylic acids is 1. The van der Waals surface area contributed by atoms with E-state index in [1.807, 2.05) is 66.6 Å². The number of fused-ring (bicyclic) bond motifs is 1.